The number of Topliss-reactive ketones (excluding diaryl/α,β-unsaturated/α-hetero) is 1. The van der Waals surface area contributed by atoms with E-state index in [9.17, 15) is 14.7 Å². The highest BCUT2D eigenvalue weighted by Crippen LogP contribution is 2.40. The van der Waals surface area contributed by atoms with Gasteiger partial charge in [0.2, 0.25) is 0 Å². The van der Waals surface area contributed by atoms with Gasteiger partial charge in [0.05, 0.1) is 31.0 Å². The van der Waals surface area contributed by atoms with Gasteiger partial charge in [0.25, 0.3) is 11.7 Å². The summed E-state index contributed by atoms with van der Waals surface area (Å²) in [6.45, 7) is 2.73. The van der Waals surface area contributed by atoms with Gasteiger partial charge >= 0.3 is 0 Å². The fourth-order valence-corrected chi connectivity index (χ4v) is 3.95. The summed E-state index contributed by atoms with van der Waals surface area (Å²) in [6.07, 6.45) is 2.40. The van der Waals surface area contributed by atoms with Crippen LogP contribution in [0.5, 0.6) is 5.75 Å². The van der Waals surface area contributed by atoms with Crippen LogP contribution in [-0.2, 0) is 16.1 Å². The first-order chi connectivity index (χ1) is 15.5. The average Bonchev–Trinajstić information content (AvgIpc) is 3.40. The molecule has 0 saturated carbocycles. The molecular formula is C25H22BrNO5. The maximum Gasteiger partial charge on any atom is 0.296 e. The van der Waals surface area contributed by atoms with Gasteiger partial charge in [0.1, 0.15) is 17.3 Å². The largest absolute Gasteiger partial charge is 0.507 e. The van der Waals surface area contributed by atoms with Crippen LogP contribution in [0, 0.1) is 0 Å². The van der Waals surface area contributed by atoms with E-state index >= 15 is 0 Å². The predicted octanol–water partition coefficient (Wildman–Crippen LogP) is 5.45. The number of hydrogen-bond acceptors (Lipinski definition) is 5. The maximum absolute atomic E-state index is 13.0. The Balaban J connectivity index is 1.79. The molecule has 0 aliphatic carbocycles. The number of benzene rings is 2. The topological polar surface area (TPSA) is 80.0 Å². The van der Waals surface area contributed by atoms with Crippen molar-refractivity contribution < 1.29 is 23.8 Å². The average molecular weight is 496 g/mol. The summed E-state index contributed by atoms with van der Waals surface area (Å²) in [5.74, 6) is -0.381. The molecule has 1 fully saturated rings. The van der Waals surface area contributed by atoms with E-state index in [0.717, 1.165) is 10.9 Å². The molecule has 7 heteroatoms. The number of carbonyl (C=O) groups excluding carboxylic acids is 2. The number of ketones is 1. The number of ether oxygens (including phenoxy) is 1. The number of halogens is 1. The van der Waals surface area contributed by atoms with Crippen molar-refractivity contribution >= 4 is 33.4 Å². The van der Waals surface area contributed by atoms with Crippen LogP contribution in [0.15, 0.2) is 81.4 Å². The molecule has 0 bridgehead atoms. The summed E-state index contributed by atoms with van der Waals surface area (Å²) in [5.41, 5.74) is 1.20. The monoisotopic (exact) mass is 495 g/mol. The molecule has 0 spiro atoms. The lowest BCUT2D eigenvalue weighted by molar-refractivity contribution is -0.140. The Morgan fingerprint density at radius 3 is 2.44 bits per heavy atom. The van der Waals surface area contributed by atoms with Gasteiger partial charge in [0.15, 0.2) is 0 Å². The quantitative estimate of drug-likeness (QED) is 0.267. The lowest BCUT2D eigenvalue weighted by atomic mass is 9.95. The van der Waals surface area contributed by atoms with Crippen molar-refractivity contribution in [2.24, 2.45) is 0 Å². The summed E-state index contributed by atoms with van der Waals surface area (Å²) < 4.78 is 11.9. The highest BCUT2D eigenvalue weighted by molar-refractivity contribution is 9.10. The molecule has 32 heavy (non-hydrogen) atoms. The van der Waals surface area contributed by atoms with E-state index in [2.05, 4.69) is 15.9 Å². The number of likely N-dealkylation sites (tertiary alicyclic amines) is 1. The van der Waals surface area contributed by atoms with Gasteiger partial charge in [-0.1, -0.05) is 47.1 Å². The van der Waals surface area contributed by atoms with E-state index in [1.807, 2.05) is 19.1 Å². The van der Waals surface area contributed by atoms with Crippen molar-refractivity contribution in [1.82, 2.24) is 4.90 Å². The third-order valence-corrected chi connectivity index (χ3v) is 5.76. The summed E-state index contributed by atoms with van der Waals surface area (Å²) in [5, 5.41) is 11.1. The number of amides is 1. The van der Waals surface area contributed by atoms with Crippen LogP contribution >= 0.6 is 15.9 Å². The lowest BCUT2D eigenvalue weighted by Crippen LogP contribution is -2.29. The minimum Gasteiger partial charge on any atom is -0.507 e. The highest BCUT2D eigenvalue weighted by atomic mass is 79.9. The smallest absolute Gasteiger partial charge is 0.296 e. The van der Waals surface area contributed by atoms with E-state index in [1.165, 1.54) is 11.2 Å². The maximum atomic E-state index is 13.0. The first-order valence-electron chi connectivity index (χ1n) is 10.3. The summed E-state index contributed by atoms with van der Waals surface area (Å²) >= 11 is 3.37. The van der Waals surface area contributed by atoms with E-state index in [0.29, 0.717) is 29.2 Å². The molecule has 1 aromatic heterocycles. The summed E-state index contributed by atoms with van der Waals surface area (Å²) in [4.78, 5) is 27.4. The molecule has 1 N–H and O–H groups in total. The Morgan fingerprint density at radius 2 is 1.81 bits per heavy atom. The lowest BCUT2D eigenvalue weighted by Gasteiger charge is -2.24. The first-order valence-corrected chi connectivity index (χ1v) is 11.1. The van der Waals surface area contributed by atoms with E-state index in [1.54, 1.807) is 48.5 Å². The van der Waals surface area contributed by atoms with Crippen LogP contribution in [0.1, 0.15) is 36.3 Å². The number of furan rings is 1. The Morgan fingerprint density at radius 1 is 1.09 bits per heavy atom. The predicted molar refractivity (Wildman–Crippen MR) is 123 cm³/mol. The molecule has 3 aromatic rings. The van der Waals surface area contributed by atoms with Gasteiger partial charge in [-0.3, -0.25) is 9.59 Å². The van der Waals surface area contributed by atoms with Gasteiger partial charge in [-0.05, 0) is 48.4 Å². The molecule has 1 saturated heterocycles. The molecule has 1 aliphatic rings. The minimum absolute atomic E-state index is 0.0473. The Hall–Kier alpha value is -3.32. The van der Waals surface area contributed by atoms with E-state index in [-0.39, 0.29) is 17.9 Å². The van der Waals surface area contributed by atoms with Crippen LogP contribution in [0.25, 0.3) is 5.76 Å². The fraction of sp³-hybridized carbons (Fsp3) is 0.200. The third kappa shape index (κ3) is 4.34. The second-order valence-corrected chi connectivity index (χ2v) is 8.35. The van der Waals surface area contributed by atoms with Gasteiger partial charge in [-0.15, -0.1) is 0 Å². The van der Waals surface area contributed by atoms with Crippen LogP contribution in [0.2, 0.25) is 0 Å². The zero-order valence-electron chi connectivity index (χ0n) is 17.5. The number of hydrogen-bond donors (Lipinski definition) is 1. The van der Waals surface area contributed by atoms with Crippen LogP contribution in [0.3, 0.4) is 0 Å². The van der Waals surface area contributed by atoms with E-state index in [4.69, 9.17) is 9.15 Å². The zero-order chi connectivity index (χ0) is 22.7. The van der Waals surface area contributed by atoms with Gasteiger partial charge in [-0.2, -0.15) is 0 Å². The van der Waals surface area contributed by atoms with Gasteiger partial charge in [-0.25, -0.2) is 0 Å². The Bertz CT molecular complexity index is 1130. The molecule has 1 aliphatic heterocycles. The molecule has 1 atom stereocenters. The molecule has 2 aromatic carbocycles. The highest BCUT2D eigenvalue weighted by Gasteiger charge is 2.46. The van der Waals surface area contributed by atoms with Crippen molar-refractivity contribution in [3.05, 3.63) is 93.9 Å². The van der Waals surface area contributed by atoms with Gasteiger partial charge < -0.3 is 19.2 Å². The first kappa shape index (κ1) is 21.9. The minimum atomic E-state index is -0.760. The molecule has 4 rings (SSSR count). The molecule has 0 radical (unpaired) electrons. The SMILES string of the molecule is CCCOc1ccc(C2/C(=C(\O)c3ccc(Br)cc3)C(=O)C(=O)N2Cc2ccco2)cc1. The van der Waals surface area contributed by atoms with Crippen molar-refractivity contribution in [3.8, 4) is 5.75 Å². The van der Waals surface area contributed by atoms with Crippen LogP contribution < -0.4 is 4.74 Å². The molecular weight excluding hydrogens is 474 g/mol. The number of nitrogens with zero attached hydrogens (tertiary/aromatic N) is 1. The van der Waals surface area contributed by atoms with Crippen molar-refractivity contribution in [3.63, 3.8) is 0 Å². The molecule has 2 heterocycles. The zero-order valence-corrected chi connectivity index (χ0v) is 19.0. The normalized spacial score (nSPS) is 17.7. The van der Waals surface area contributed by atoms with Crippen molar-refractivity contribution in [1.29, 1.82) is 0 Å². The van der Waals surface area contributed by atoms with E-state index < -0.39 is 17.7 Å². The molecule has 6 nitrogen and oxygen atoms in total. The van der Waals surface area contributed by atoms with Crippen molar-refractivity contribution in [2.45, 2.75) is 25.9 Å². The summed E-state index contributed by atoms with van der Waals surface area (Å²) in [7, 11) is 0. The van der Waals surface area contributed by atoms with Crippen LogP contribution in [-0.4, -0.2) is 28.3 Å². The Kier molecular flexibility index (Phi) is 6.46. The summed E-state index contributed by atoms with van der Waals surface area (Å²) in [6, 6.07) is 16.9. The molecule has 1 amide bonds. The molecule has 1 unspecified atom stereocenters. The van der Waals surface area contributed by atoms with Crippen LogP contribution in [0.4, 0.5) is 0 Å². The van der Waals surface area contributed by atoms with Gasteiger partial charge in [0, 0.05) is 10.0 Å². The second-order valence-electron chi connectivity index (χ2n) is 7.43. The fourth-order valence-electron chi connectivity index (χ4n) is 3.69. The third-order valence-electron chi connectivity index (χ3n) is 5.23. The van der Waals surface area contributed by atoms with Crippen molar-refractivity contribution in [2.75, 3.05) is 6.61 Å². The Labute approximate surface area is 194 Å². The second kappa shape index (κ2) is 9.44. The molecule has 164 valence electrons. The number of carbonyl (C=O) groups is 2. The standard InChI is InChI=1S/C25H22BrNO5/c1-2-13-31-19-11-7-16(8-12-19)22-21(23(28)17-5-9-18(26)10-6-17)24(29)25(30)27(22)15-20-4-3-14-32-20/h3-12,14,22,28H,2,13,15H2,1H3/b23-21+. The number of aliphatic hydroxyl groups excluding tert-OH is 1. The number of aliphatic hydroxyl groups is 1. The number of rotatable bonds is 7.